The van der Waals surface area contributed by atoms with E-state index in [1.54, 1.807) is 6.92 Å². The number of halogens is 4. The van der Waals surface area contributed by atoms with Gasteiger partial charge in [0.1, 0.15) is 22.9 Å². The first-order chi connectivity index (χ1) is 13.0. The first-order valence-corrected chi connectivity index (χ1v) is 9.72. The van der Waals surface area contributed by atoms with Crippen molar-refractivity contribution in [1.82, 2.24) is 19.3 Å². The lowest BCUT2D eigenvalue weighted by Gasteiger charge is -2.15. The molecule has 0 aliphatic carbocycles. The van der Waals surface area contributed by atoms with E-state index in [9.17, 15) is 26.0 Å². The van der Waals surface area contributed by atoms with E-state index in [1.165, 1.54) is 11.5 Å². The normalized spacial score (nSPS) is 13.8. The van der Waals surface area contributed by atoms with E-state index in [0.29, 0.717) is 0 Å². The minimum absolute atomic E-state index is 0.138. The molecule has 0 unspecified atom stereocenters. The van der Waals surface area contributed by atoms with E-state index in [2.05, 4.69) is 14.7 Å². The van der Waals surface area contributed by atoms with Crippen LogP contribution in [-0.4, -0.2) is 23.0 Å². The lowest BCUT2D eigenvalue weighted by Crippen LogP contribution is -2.28. The fraction of sp³-hybridized carbons (Fsp3) is 0.294. The van der Waals surface area contributed by atoms with Crippen LogP contribution in [0.25, 0.3) is 11.0 Å². The minimum Gasteiger partial charge on any atom is -0.327 e. The van der Waals surface area contributed by atoms with Crippen molar-refractivity contribution in [2.24, 2.45) is 0 Å². The van der Waals surface area contributed by atoms with Crippen LogP contribution in [0.1, 0.15) is 31.4 Å². The van der Waals surface area contributed by atoms with Crippen molar-refractivity contribution in [3.63, 3.8) is 0 Å². The van der Waals surface area contributed by atoms with Gasteiger partial charge in [0.15, 0.2) is 0 Å². The second kappa shape index (κ2) is 7.13. The molecule has 28 heavy (non-hydrogen) atoms. The summed E-state index contributed by atoms with van der Waals surface area (Å²) < 4.78 is 80.8. The van der Waals surface area contributed by atoms with Gasteiger partial charge >= 0.3 is 6.18 Å². The molecule has 3 aromatic rings. The molecule has 0 aliphatic rings. The Balaban J connectivity index is 1.99. The maximum absolute atomic E-state index is 13.0. The summed E-state index contributed by atoms with van der Waals surface area (Å²) in [5.74, 6) is -0.336. The lowest BCUT2D eigenvalue weighted by molar-refractivity contribution is -0.141. The summed E-state index contributed by atoms with van der Waals surface area (Å²) in [6.07, 6.45) is -3.60. The van der Waals surface area contributed by atoms with Gasteiger partial charge in [-0.3, -0.25) is 0 Å². The summed E-state index contributed by atoms with van der Waals surface area (Å²) in [6, 6.07) is 4.31. The Kier molecular flexibility index (Phi) is 5.15. The fourth-order valence-electron chi connectivity index (χ4n) is 2.83. The van der Waals surface area contributed by atoms with Crippen LogP contribution in [0.4, 0.5) is 17.6 Å². The molecule has 1 aromatic carbocycles. The van der Waals surface area contributed by atoms with Gasteiger partial charge < -0.3 is 4.57 Å². The third kappa shape index (κ3) is 3.85. The van der Waals surface area contributed by atoms with Crippen LogP contribution < -0.4 is 4.72 Å². The average Bonchev–Trinajstić information content (AvgIpc) is 2.99. The van der Waals surface area contributed by atoms with E-state index < -0.39 is 33.8 Å². The van der Waals surface area contributed by atoms with Crippen LogP contribution in [0.5, 0.6) is 0 Å². The van der Waals surface area contributed by atoms with Crippen molar-refractivity contribution < 1.29 is 26.0 Å². The number of hydrogen-bond donors (Lipinski definition) is 1. The second-order valence-corrected chi connectivity index (χ2v) is 7.78. The van der Waals surface area contributed by atoms with Crippen molar-refractivity contribution in [3.05, 3.63) is 53.9 Å². The quantitative estimate of drug-likeness (QED) is 0.644. The van der Waals surface area contributed by atoms with Crippen LogP contribution >= 0.6 is 0 Å². The molecule has 3 rings (SSSR count). The molecule has 0 fully saturated rings. The second-order valence-electron chi connectivity index (χ2n) is 6.07. The maximum Gasteiger partial charge on any atom is 0.433 e. The number of nitrogens with one attached hydrogen (secondary N) is 1. The predicted octanol–water partition coefficient (Wildman–Crippen LogP) is 3.65. The molecular weight excluding hydrogens is 400 g/mol. The van der Waals surface area contributed by atoms with Gasteiger partial charge in [-0.25, -0.2) is 27.5 Å². The van der Waals surface area contributed by atoms with E-state index in [0.717, 1.165) is 36.5 Å². The number of aromatic nitrogens is 3. The van der Waals surface area contributed by atoms with E-state index in [4.69, 9.17) is 0 Å². The molecule has 0 saturated carbocycles. The highest BCUT2D eigenvalue weighted by atomic mass is 32.2. The molecule has 150 valence electrons. The summed E-state index contributed by atoms with van der Waals surface area (Å²) in [5.41, 5.74) is -0.633. The molecule has 6 nitrogen and oxygen atoms in total. The largest absolute Gasteiger partial charge is 0.433 e. The van der Waals surface area contributed by atoms with E-state index in [-0.39, 0.29) is 28.3 Å². The van der Waals surface area contributed by atoms with E-state index in [1.807, 2.05) is 0 Å². The summed E-state index contributed by atoms with van der Waals surface area (Å²) in [4.78, 5) is 7.49. The zero-order valence-corrected chi connectivity index (χ0v) is 15.6. The van der Waals surface area contributed by atoms with Gasteiger partial charge in [-0.15, -0.1) is 0 Å². The van der Waals surface area contributed by atoms with Crippen molar-refractivity contribution in [3.8, 4) is 0 Å². The Morgan fingerprint density at radius 1 is 1.21 bits per heavy atom. The number of nitrogens with zero attached hydrogens (tertiary/aromatic N) is 3. The van der Waals surface area contributed by atoms with Crippen molar-refractivity contribution >= 4 is 21.1 Å². The average molecular weight is 416 g/mol. The minimum atomic E-state index is -4.60. The first kappa shape index (κ1) is 20.2. The van der Waals surface area contributed by atoms with Crippen molar-refractivity contribution in [2.75, 3.05) is 0 Å². The Morgan fingerprint density at radius 3 is 2.43 bits per heavy atom. The van der Waals surface area contributed by atoms with Gasteiger partial charge in [0, 0.05) is 6.54 Å². The zero-order chi connectivity index (χ0) is 20.7. The molecule has 0 spiro atoms. The number of imidazole rings is 1. The number of pyridine rings is 1. The number of fused-ring (bicyclic) bond motifs is 1. The smallest absolute Gasteiger partial charge is 0.327 e. The summed E-state index contributed by atoms with van der Waals surface area (Å²) >= 11 is 0. The standard InChI is InChI=1S/C17H16F4N4O2S/c1-3-25-14-8-15(17(19,20)21)22-9-13(14)23-16(25)10(2)24-28(26,27)12-6-4-11(18)5-7-12/h4-10,24H,3H2,1-2H3/t10-/m1/s1. The lowest BCUT2D eigenvalue weighted by atomic mass is 10.3. The molecule has 0 saturated heterocycles. The van der Waals surface area contributed by atoms with Crippen LogP contribution in [0.3, 0.4) is 0 Å². The van der Waals surface area contributed by atoms with Gasteiger partial charge in [0.2, 0.25) is 10.0 Å². The van der Waals surface area contributed by atoms with Crippen LogP contribution in [-0.2, 0) is 22.7 Å². The molecule has 2 heterocycles. The monoisotopic (exact) mass is 416 g/mol. The van der Waals surface area contributed by atoms with Crippen LogP contribution in [0, 0.1) is 5.82 Å². The molecule has 0 radical (unpaired) electrons. The molecular formula is C17H16F4N4O2S. The van der Waals surface area contributed by atoms with E-state index >= 15 is 0 Å². The van der Waals surface area contributed by atoms with Gasteiger partial charge in [0.25, 0.3) is 0 Å². The Morgan fingerprint density at radius 2 is 1.86 bits per heavy atom. The van der Waals surface area contributed by atoms with Crippen LogP contribution in [0.15, 0.2) is 41.4 Å². The van der Waals surface area contributed by atoms with Crippen molar-refractivity contribution in [2.45, 2.75) is 37.5 Å². The highest BCUT2D eigenvalue weighted by Crippen LogP contribution is 2.30. The van der Waals surface area contributed by atoms with Gasteiger partial charge in [0.05, 0.1) is 22.7 Å². The molecule has 1 N–H and O–H groups in total. The number of sulfonamides is 1. The number of aryl methyl sites for hydroxylation is 1. The number of rotatable bonds is 5. The van der Waals surface area contributed by atoms with Crippen molar-refractivity contribution in [1.29, 1.82) is 0 Å². The fourth-order valence-corrected chi connectivity index (χ4v) is 4.03. The molecule has 1 atom stereocenters. The Hall–Kier alpha value is -2.53. The third-order valence-corrected chi connectivity index (χ3v) is 5.67. The van der Waals surface area contributed by atoms with Gasteiger partial charge in [-0.1, -0.05) is 0 Å². The molecule has 2 aromatic heterocycles. The first-order valence-electron chi connectivity index (χ1n) is 8.24. The highest BCUT2D eigenvalue weighted by molar-refractivity contribution is 7.89. The Bertz CT molecular complexity index is 1110. The molecule has 0 aliphatic heterocycles. The summed E-state index contributed by atoms with van der Waals surface area (Å²) in [6.45, 7) is 3.50. The highest BCUT2D eigenvalue weighted by Gasteiger charge is 2.33. The van der Waals surface area contributed by atoms with Crippen LogP contribution in [0.2, 0.25) is 0 Å². The van der Waals surface area contributed by atoms with Gasteiger partial charge in [-0.2, -0.15) is 13.2 Å². The zero-order valence-electron chi connectivity index (χ0n) is 14.8. The topological polar surface area (TPSA) is 76.9 Å². The Labute approximate surface area is 158 Å². The summed E-state index contributed by atoms with van der Waals surface area (Å²) in [5, 5.41) is 0. The SMILES string of the molecule is CCn1c([C@@H](C)NS(=O)(=O)c2ccc(F)cc2)nc2cnc(C(F)(F)F)cc21. The third-order valence-electron chi connectivity index (χ3n) is 4.11. The number of hydrogen-bond acceptors (Lipinski definition) is 4. The molecule has 0 bridgehead atoms. The maximum atomic E-state index is 13.0. The predicted molar refractivity (Wildman–Crippen MR) is 93.3 cm³/mol. The van der Waals surface area contributed by atoms with Gasteiger partial charge in [-0.05, 0) is 44.2 Å². The summed E-state index contributed by atoms with van der Waals surface area (Å²) in [7, 11) is -3.98. The number of alkyl halides is 3. The molecule has 11 heteroatoms. The molecule has 0 amide bonds. The number of benzene rings is 1.